The van der Waals surface area contributed by atoms with E-state index in [1.165, 1.54) is 4.90 Å². The fraction of sp³-hybridized carbons (Fsp3) is 0.500. The Morgan fingerprint density at radius 2 is 1.85 bits per heavy atom. The van der Waals surface area contributed by atoms with Crippen molar-refractivity contribution in [3.8, 4) is 0 Å². The number of benzene rings is 1. The number of hydrogen-bond acceptors (Lipinski definition) is 2. The van der Waals surface area contributed by atoms with Crippen molar-refractivity contribution in [1.29, 1.82) is 0 Å². The van der Waals surface area contributed by atoms with Gasteiger partial charge in [0.25, 0.3) is 0 Å². The minimum Gasteiger partial charge on any atom is -0.479 e. The number of rotatable bonds is 5. The lowest BCUT2D eigenvalue weighted by Gasteiger charge is -2.26. The van der Waals surface area contributed by atoms with Crippen LogP contribution in [0.4, 0.5) is 0 Å². The molecule has 0 bridgehead atoms. The number of carboxylic acids is 1. The van der Waals surface area contributed by atoms with Gasteiger partial charge < -0.3 is 10.0 Å². The monoisotopic (exact) mass is 275 g/mol. The minimum atomic E-state index is -0.979. The van der Waals surface area contributed by atoms with E-state index in [0.29, 0.717) is 12.0 Å². The maximum absolute atomic E-state index is 11.5. The van der Waals surface area contributed by atoms with E-state index < -0.39 is 12.0 Å². The van der Waals surface area contributed by atoms with E-state index >= 15 is 0 Å². The van der Waals surface area contributed by atoms with Gasteiger partial charge in [0.05, 0.1) is 0 Å². The first kappa shape index (κ1) is 14.6. The van der Waals surface area contributed by atoms with Gasteiger partial charge in [-0.3, -0.25) is 4.79 Å². The molecule has 0 saturated heterocycles. The summed E-state index contributed by atoms with van der Waals surface area (Å²) in [5.41, 5.74) is 1.83. The number of carbonyl (C=O) groups is 2. The Balaban J connectivity index is 2.30. The molecule has 1 aliphatic carbocycles. The SMILES string of the molecule is CC(C)(C)c1ccc(C(C(=O)O)N(C=O)C2CC2)cc1. The van der Waals surface area contributed by atoms with Crippen molar-refractivity contribution in [2.75, 3.05) is 0 Å². The summed E-state index contributed by atoms with van der Waals surface area (Å²) in [7, 11) is 0. The normalized spacial score (nSPS) is 16.6. The van der Waals surface area contributed by atoms with Crippen LogP contribution in [0.5, 0.6) is 0 Å². The summed E-state index contributed by atoms with van der Waals surface area (Å²) < 4.78 is 0. The molecule has 2 rings (SSSR count). The van der Waals surface area contributed by atoms with Crippen LogP contribution in [0.3, 0.4) is 0 Å². The fourth-order valence-electron chi connectivity index (χ4n) is 2.34. The largest absolute Gasteiger partial charge is 0.479 e. The van der Waals surface area contributed by atoms with E-state index in [1.807, 2.05) is 24.3 Å². The van der Waals surface area contributed by atoms with Crippen molar-refractivity contribution in [2.45, 2.75) is 51.1 Å². The fourth-order valence-corrected chi connectivity index (χ4v) is 2.34. The summed E-state index contributed by atoms with van der Waals surface area (Å²) in [6, 6.07) is 6.73. The van der Waals surface area contributed by atoms with Crippen molar-refractivity contribution in [2.24, 2.45) is 0 Å². The van der Waals surface area contributed by atoms with Crippen LogP contribution >= 0.6 is 0 Å². The third-order valence-corrected chi connectivity index (χ3v) is 3.71. The molecule has 0 aliphatic heterocycles. The zero-order valence-electron chi connectivity index (χ0n) is 12.2. The summed E-state index contributed by atoms with van der Waals surface area (Å²) in [5.74, 6) is -0.979. The van der Waals surface area contributed by atoms with E-state index in [0.717, 1.165) is 18.4 Å². The van der Waals surface area contributed by atoms with Gasteiger partial charge in [-0.1, -0.05) is 45.0 Å². The number of carbonyl (C=O) groups excluding carboxylic acids is 1. The minimum absolute atomic E-state index is 0.0259. The molecule has 1 aromatic carbocycles. The van der Waals surface area contributed by atoms with E-state index in [4.69, 9.17) is 0 Å². The molecule has 1 aromatic rings. The van der Waals surface area contributed by atoms with E-state index in [1.54, 1.807) is 0 Å². The van der Waals surface area contributed by atoms with Gasteiger partial charge in [-0.05, 0) is 29.4 Å². The molecule has 0 spiro atoms. The molecule has 0 heterocycles. The van der Waals surface area contributed by atoms with E-state index in [9.17, 15) is 14.7 Å². The molecule has 4 heteroatoms. The molecule has 1 amide bonds. The molecule has 20 heavy (non-hydrogen) atoms. The first-order valence-corrected chi connectivity index (χ1v) is 6.90. The average Bonchev–Trinajstić information content (AvgIpc) is 3.18. The summed E-state index contributed by atoms with van der Waals surface area (Å²) in [6.07, 6.45) is 2.44. The van der Waals surface area contributed by atoms with Crippen LogP contribution in [-0.4, -0.2) is 28.4 Å². The molecule has 1 saturated carbocycles. The first-order chi connectivity index (χ1) is 9.34. The summed E-state index contributed by atoms with van der Waals surface area (Å²) in [4.78, 5) is 24.1. The summed E-state index contributed by atoms with van der Waals surface area (Å²) >= 11 is 0. The average molecular weight is 275 g/mol. The van der Waals surface area contributed by atoms with Gasteiger partial charge in [0.15, 0.2) is 6.04 Å². The smallest absolute Gasteiger partial charge is 0.331 e. The van der Waals surface area contributed by atoms with Crippen molar-refractivity contribution >= 4 is 12.4 Å². The Bertz CT molecular complexity index is 497. The maximum Gasteiger partial charge on any atom is 0.331 e. The summed E-state index contributed by atoms with van der Waals surface area (Å²) in [6.45, 7) is 6.33. The second kappa shape index (κ2) is 5.27. The molecule has 1 N–H and O–H groups in total. The lowest BCUT2D eigenvalue weighted by molar-refractivity contribution is -0.147. The Hall–Kier alpha value is -1.84. The summed E-state index contributed by atoms with van der Waals surface area (Å²) in [5, 5.41) is 9.43. The molecule has 1 unspecified atom stereocenters. The van der Waals surface area contributed by atoms with Crippen LogP contribution in [-0.2, 0) is 15.0 Å². The van der Waals surface area contributed by atoms with Gasteiger partial charge in [0.2, 0.25) is 6.41 Å². The van der Waals surface area contributed by atoms with Crippen LogP contribution in [0.25, 0.3) is 0 Å². The van der Waals surface area contributed by atoms with Crippen LogP contribution in [0.2, 0.25) is 0 Å². The highest BCUT2D eigenvalue weighted by Crippen LogP contribution is 2.34. The Kier molecular flexibility index (Phi) is 3.84. The lowest BCUT2D eigenvalue weighted by Crippen LogP contribution is -2.34. The Morgan fingerprint density at radius 3 is 2.20 bits per heavy atom. The molecular weight excluding hydrogens is 254 g/mol. The van der Waals surface area contributed by atoms with Gasteiger partial charge in [-0.2, -0.15) is 0 Å². The van der Waals surface area contributed by atoms with Crippen LogP contribution < -0.4 is 0 Å². The quantitative estimate of drug-likeness (QED) is 0.841. The third-order valence-electron chi connectivity index (χ3n) is 3.71. The van der Waals surface area contributed by atoms with Crippen molar-refractivity contribution in [3.63, 3.8) is 0 Å². The van der Waals surface area contributed by atoms with Crippen molar-refractivity contribution < 1.29 is 14.7 Å². The molecule has 4 nitrogen and oxygen atoms in total. The molecule has 0 aromatic heterocycles. The van der Waals surface area contributed by atoms with Crippen LogP contribution in [0.1, 0.15) is 50.8 Å². The molecular formula is C16H21NO3. The standard InChI is InChI=1S/C16H21NO3/c1-16(2,3)12-6-4-11(5-7-12)14(15(19)20)17(10-18)13-8-9-13/h4-7,10,13-14H,8-9H2,1-3H3,(H,19,20). The predicted molar refractivity (Wildman–Crippen MR) is 76.4 cm³/mol. The molecule has 1 fully saturated rings. The lowest BCUT2D eigenvalue weighted by atomic mass is 9.86. The van der Waals surface area contributed by atoms with Gasteiger partial charge in [0, 0.05) is 6.04 Å². The second-order valence-electron chi connectivity index (χ2n) is 6.40. The third kappa shape index (κ3) is 3.00. The number of hydrogen-bond donors (Lipinski definition) is 1. The highest BCUT2D eigenvalue weighted by atomic mass is 16.4. The van der Waals surface area contributed by atoms with E-state index in [2.05, 4.69) is 20.8 Å². The van der Waals surface area contributed by atoms with Crippen molar-refractivity contribution in [1.82, 2.24) is 4.90 Å². The zero-order valence-corrected chi connectivity index (χ0v) is 12.2. The number of amides is 1. The van der Waals surface area contributed by atoms with Crippen molar-refractivity contribution in [3.05, 3.63) is 35.4 Å². The molecule has 108 valence electrons. The van der Waals surface area contributed by atoms with E-state index in [-0.39, 0.29) is 11.5 Å². The molecule has 1 aliphatic rings. The van der Waals surface area contributed by atoms with Gasteiger partial charge in [-0.15, -0.1) is 0 Å². The Morgan fingerprint density at radius 1 is 1.30 bits per heavy atom. The number of carboxylic acid groups (broad SMARTS) is 1. The maximum atomic E-state index is 11.5. The highest BCUT2D eigenvalue weighted by Gasteiger charge is 2.37. The number of nitrogens with zero attached hydrogens (tertiary/aromatic N) is 1. The van der Waals surface area contributed by atoms with Gasteiger partial charge >= 0.3 is 5.97 Å². The Labute approximate surface area is 119 Å². The highest BCUT2D eigenvalue weighted by molar-refractivity contribution is 5.78. The van der Waals surface area contributed by atoms with Gasteiger partial charge in [-0.25, -0.2) is 4.79 Å². The molecule has 1 atom stereocenters. The topological polar surface area (TPSA) is 57.6 Å². The predicted octanol–water partition coefficient (Wildman–Crippen LogP) is 2.73. The second-order valence-corrected chi connectivity index (χ2v) is 6.40. The first-order valence-electron chi connectivity index (χ1n) is 6.90. The van der Waals surface area contributed by atoms with Gasteiger partial charge in [0.1, 0.15) is 0 Å². The zero-order chi connectivity index (χ0) is 14.9. The molecule has 0 radical (unpaired) electrons. The number of aliphatic carboxylic acids is 1. The van der Waals surface area contributed by atoms with Crippen LogP contribution in [0, 0.1) is 0 Å². The van der Waals surface area contributed by atoms with Crippen LogP contribution in [0.15, 0.2) is 24.3 Å².